The number of phenolic OH excluding ortho intramolecular Hbond substituents is 1. The molecular formula is C19H13NO4. The smallest absolute Gasteiger partial charge is 0.266 e. The van der Waals surface area contributed by atoms with Crippen LogP contribution in [0.1, 0.15) is 20.7 Å². The van der Waals surface area contributed by atoms with E-state index < -0.39 is 11.8 Å². The van der Waals surface area contributed by atoms with E-state index in [0.717, 1.165) is 4.90 Å². The van der Waals surface area contributed by atoms with Crippen molar-refractivity contribution in [1.82, 2.24) is 0 Å². The van der Waals surface area contributed by atoms with E-state index in [1.165, 1.54) is 6.07 Å². The summed E-state index contributed by atoms with van der Waals surface area (Å²) in [5, 5.41) is 11.4. The number of methoxy groups -OCH3 is 1. The third-order valence-electron chi connectivity index (χ3n) is 4.21. The maximum absolute atomic E-state index is 12.9. The fraction of sp³-hybridized carbons (Fsp3) is 0.0526. The molecule has 0 fully saturated rings. The van der Waals surface area contributed by atoms with E-state index in [4.69, 9.17) is 4.74 Å². The number of imide groups is 1. The molecule has 0 bridgehead atoms. The lowest BCUT2D eigenvalue weighted by Gasteiger charge is -2.28. The molecule has 2 amide bonds. The first-order valence-corrected chi connectivity index (χ1v) is 7.40. The Labute approximate surface area is 137 Å². The Bertz CT molecular complexity index is 987. The van der Waals surface area contributed by atoms with Gasteiger partial charge >= 0.3 is 0 Å². The summed E-state index contributed by atoms with van der Waals surface area (Å²) in [5.41, 5.74) is 0.986. The number of hydrogen-bond donors (Lipinski definition) is 1. The number of rotatable bonds is 2. The third kappa shape index (κ3) is 1.81. The van der Waals surface area contributed by atoms with Crippen LogP contribution in [0.4, 0.5) is 5.69 Å². The van der Waals surface area contributed by atoms with Gasteiger partial charge in [0.2, 0.25) is 0 Å². The van der Waals surface area contributed by atoms with E-state index in [1.807, 2.05) is 6.07 Å². The van der Waals surface area contributed by atoms with Crippen molar-refractivity contribution in [2.24, 2.45) is 0 Å². The predicted octanol–water partition coefficient (Wildman–Crippen LogP) is 3.35. The van der Waals surface area contributed by atoms with Crippen LogP contribution in [0, 0.1) is 0 Å². The second-order valence-corrected chi connectivity index (χ2v) is 5.48. The first-order valence-electron chi connectivity index (χ1n) is 7.40. The number of benzene rings is 3. The Kier molecular flexibility index (Phi) is 3.03. The standard InChI is InChI=1S/C19H13NO4/c1-24-16-10-9-13-17-11(16)5-4-6-12(17)18(22)20(19(13)23)14-7-2-3-8-15(14)21/h2-10,21H,1H3. The van der Waals surface area contributed by atoms with Crippen LogP contribution in [0.2, 0.25) is 0 Å². The van der Waals surface area contributed by atoms with Crippen molar-refractivity contribution in [3.05, 3.63) is 65.7 Å². The molecule has 0 saturated heterocycles. The molecule has 5 heteroatoms. The van der Waals surface area contributed by atoms with Crippen LogP contribution >= 0.6 is 0 Å². The van der Waals surface area contributed by atoms with Crippen molar-refractivity contribution in [3.8, 4) is 11.5 Å². The van der Waals surface area contributed by atoms with Crippen LogP contribution in [-0.2, 0) is 0 Å². The molecule has 24 heavy (non-hydrogen) atoms. The highest BCUT2D eigenvalue weighted by molar-refractivity contribution is 6.36. The largest absolute Gasteiger partial charge is 0.506 e. The Balaban J connectivity index is 2.02. The van der Waals surface area contributed by atoms with Gasteiger partial charge in [0.05, 0.1) is 12.8 Å². The van der Waals surface area contributed by atoms with E-state index in [0.29, 0.717) is 27.6 Å². The molecule has 0 aromatic heterocycles. The molecule has 4 rings (SSSR count). The number of amides is 2. The third-order valence-corrected chi connectivity index (χ3v) is 4.21. The SMILES string of the molecule is COc1ccc2c3c(cccc13)C(=O)N(c1ccccc1O)C2=O. The number of phenols is 1. The van der Waals surface area contributed by atoms with Crippen LogP contribution in [0.15, 0.2) is 54.6 Å². The molecule has 5 nitrogen and oxygen atoms in total. The summed E-state index contributed by atoms with van der Waals surface area (Å²) in [6, 6.07) is 14.9. The molecule has 1 aliphatic heterocycles. The Morgan fingerprint density at radius 2 is 1.58 bits per heavy atom. The predicted molar refractivity (Wildman–Crippen MR) is 89.7 cm³/mol. The quantitative estimate of drug-likeness (QED) is 0.736. The zero-order valence-corrected chi connectivity index (χ0v) is 12.8. The summed E-state index contributed by atoms with van der Waals surface area (Å²) in [6.45, 7) is 0. The molecule has 0 aliphatic carbocycles. The molecule has 0 atom stereocenters. The monoisotopic (exact) mass is 319 g/mol. The number of para-hydroxylation sites is 2. The summed E-state index contributed by atoms with van der Waals surface area (Å²) in [4.78, 5) is 26.9. The van der Waals surface area contributed by atoms with Gasteiger partial charge in [-0.2, -0.15) is 0 Å². The van der Waals surface area contributed by atoms with E-state index in [9.17, 15) is 14.7 Å². The number of carbonyl (C=O) groups excluding carboxylic acids is 2. The van der Waals surface area contributed by atoms with Crippen molar-refractivity contribution in [2.75, 3.05) is 12.0 Å². The molecule has 3 aromatic carbocycles. The highest BCUT2D eigenvalue weighted by Gasteiger charge is 2.35. The minimum Gasteiger partial charge on any atom is -0.506 e. The zero-order valence-electron chi connectivity index (χ0n) is 12.8. The molecule has 1 heterocycles. The van der Waals surface area contributed by atoms with Gasteiger partial charge in [-0.05, 0) is 30.3 Å². The summed E-state index contributed by atoms with van der Waals surface area (Å²) < 4.78 is 5.33. The maximum Gasteiger partial charge on any atom is 0.266 e. The minimum absolute atomic E-state index is 0.122. The summed E-state index contributed by atoms with van der Waals surface area (Å²) in [7, 11) is 1.55. The van der Waals surface area contributed by atoms with Gasteiger partial charge in [-0.25, -0.2) is 4.90 Å². The van der Waals surface area contributed by atoms with Gasteiger partial charge in [-0.3, -0.25) is 9.59 Å². The molecule has 118 valence electrons. The van der Waals surface area contributed by atoms with Crippen LogP contribution in [0.25, 0.3) is 10.8 Å². The Morgan fingerprint density at radius 3 is 2.29 bits per heavy atom. The molecule has 0 spiro atoms. The normalized spacial score (nSPS) is 13.5. The number of nitrogens with zero attached hydrogens (tertiary/aromatic N) is 1. The molecule has 1 aliphatic rings. The van der Waals surface area contributed by atoms with Gasteiger partial charge in [0.1, 0.15) is 11.5 Å². The average molecular weight is 319 g/mol. The van der Waals surface area contributed by atoms with Gasteiger partial charge in [0, 0.05) is 21.9 Å². The summed E-state index contributed by atoms with van der Waals surface area (Å²) >= 11 is 0. The number of anilines is 1. The summed E-state index contributed by atoms with van der Waals surface area (Å²) in [6.07, 6.45) is 0. The molecular weight excluding hydrogens is 306 g/mol. The molecule has 3 aromatic rings. The van der Waals surface area contributed by atoms with E-state index in [-0.39, 0.29) is 11.4 Å². The second kappa shape index (κ2) is 5.09. The zero-order chi connectivity index (χ0) is 16.8. The summed E-state index contributed by atoms with van der Waals surface area (Å²) in [5.74, 6) is -0.448. The first kappa shape index (κ1) is 14.3. The lowest BCUT2D eigenvalue weighted by molar-refractivity contribution is 0.0892. The van der Waals surface area contributed by atoms with Gasteiger partial charge in [-0.1, -0.05) is 24.3 Å². The Morgan fingerprint density at radius 1 is 0.875 bits per heavy atom. The number of ether oxygens (including phenoxy) is 1. The van der Waals surface area contributed by atoms with Crippen molar-refractivity contribution in [2.45, 2.75) is 0 Å². The van der Waals surface area contributed by atoms with Gasteiger partial charge in [0.25, 0.3) is 11.8 Å². The van der Waals surface area contributed by atoms with Crippen LogP contribution in [0.3, 0.4) is 0 Å². The lowest BCUT2D eigenvalue weighted by atomic mass is 9.93. The van der Waals surface area contributed by atoms with Gasteiger partial charge in [-0.15, -0.1) is 0 Å². The number of aromatic hydroxyl groups is 1. The fourth-order valence-electron chi connectivity index (χ4n) is 3.12. The van der Waals surface area contributed by atoms with Gasteiger partial charge in [0.15, 0.2) is 0 Å². The number of carbonyl (C=O) groups is 2. The maximum atomic E-state index is 12.9. The fourth-order valence-corrected chi connectivity index (χ4v) is 3.12. The van der Waals surface area contributed by atoms with E-state index in [2.05, 4.69) is 0 Å². The van der Waals surface area contributed by atoms with E-state index >= 15 is 0 Å². The van der Waals surface area contributed by atoms with Crippen LogP contribution in [0.5, 0.6) is 11.5 Å². The number of hydrogen-bond acceptors (Lipinski definition) is 4. The lowest BCUT2D eigenvalue weighted by Crippen LogP contribution is -2.40. The highest BCUT2D eigenvalue weighted by Crippen LogP contribution is 2.38. The van der Waals surface area contributed by atoms with Crippen LogP contribution < -0.4 is 9.64 Å². The van der Waals surface area contributed by atoms with Crippen molar-refractivity contribution in [1.29, 1.82) is 0 Å². The topological polar surface area (TPSA) is 66.8 Å². The van der Waals surface area contributed by atoms with Crippen molar-refractivity contribution >= 4 is 28.3 Å². The highest BCUT2D eigenvalue weighted by atomic mass is 16.5. The second-order valence-electron chi connectivity index (χ2n) is 5.48. The van der Waals surface area contributed by atoms with Gasteiger partial charge < -0.3 is 9.84 Å². The first-order chi connectivity index (χ1) is 11.6. The van der Waals surface area contributed by atoms with Crippen molar-refractivity contribution < 1.29 is 19.4 Å². The average Bonchev–Trinajstić information content (AvgIpc) is 2.61. The van der Waals surface area contributed by atoms with Crippen molar-refractivity contribution in [3.63, 3.8) is 0 Å². The molecule has 0 unspecified atom stereocenters. The molecule has 0 saturated carbocycles. The minimum atomic E-state index is -0.465. The molecule has 1 N–H and O–H groups in total. The molecule has 0 radical (unpaired) electrons. The Hall–Kier alpha value is -3.34. The van der Waals surface area contributed by atoms with Crippen LogP contribution in [-0.4, -0.2) is 24.0 Å². The van der Waals surface area contributed by atoms with E-state index in [1.54, 1.807) is 49.6 Å².